The zero-order chi connectivity index (χ0) is 18.7. The van der Waals surface area contributed by atoms with E-state index >= 15 is 0 Å². The van der Waals surface area contributed by atoms with Crippen LogP contribution < -0.4 is 10.9 Å². The largest absolute Gasteiger partial charge is 0.293 e. The Morgan fingerprint density at radius 3 is 2.65 bits per heavy atom. The van der Waals surface area contributed by atoms with Crippen LogP contribution in [0.25, 0.3) is 10.8 Å². The Kier molecular flexibility index (Phi) is 5.31. The number of alkyl halides is 2. The lowest BCUT2D eigenvalue weighted by Gasteiger charge is -2.11. The van der Waals surface area contributed by atoms with Crippen LogP contribution in [0.4, 0.5) is 14.7 Å². The molecule has 3 rings (SSSR count). The van der Waals surface area contributed by atoms with Gasteiger partial charge in [0.15, 0.2) is 0 Å². The van der Waals surface area contributed by atoms with Gasteiger partial charge in [0.05, 0.1) is 17.5 Å². The van der Waals surface area contributed by atoms with E-state index in [-0.39, 0.29) is 17.0 Å². The molecule has 2 aromatic heterocycles. The van der Waals surface area contributed by atoms with Crippen molar-refractivity contribution < 1.29 is 13.6 Å². The molecular weight excluding hydrogens is 412 g/mol. The van der Waals surface area contributed by atoms with Crippen molar-refractivity contribution in [2.24, 2.45) is 0 Å². The molecule has 0 bridgehead atoms. The van der Waals surface area contributed by atoms with Crippen LogP contribution in [-0.4, -0.2) is 32.1 Å². The highest BCUT2D eigenvalue weighted by atomic mass is 79.9. The Hall–Kier alpha value is -2.75. The third kappa shape index (κ3) is 4.07. The average molecular weight is 424 g/mol. The molecule has 0 saturated carbocycles. The van der Waals surface area contributed by atoms with Crippen molar-refractivity contribution in [2.45, 2.75) is 19.4 Å². The van der Waals surface area contributed by atoms with Crippen LogP contribution in [0, 0.1) is 0 Å². The van der Waals surface area contributed by atoms with Gasteiger partial charge in [0, 0.05) is 22.3 Å². The van der Waals surface area contributed by atoms with Crippen molar-refractivity contribution in [1.29, 1.82) is 0 Å². The van der Waals surface area contributed by atoms with Crippen molar-refractivity contribution >= 4 is 38.6 Å². The van der Waals surface area contributed by atoms with Crippen LogP contribution >= 0.6 is 15.9 Å². The smallest absolute Gasteiger partial charge is 0.275 e. The first-order valence-corrected chi connectivity index (χ1v) is 8.27. The molecule has 0 radical (unpaired) electrons. The molecule has 26 heavy (non-hydrogen) atoms. The van der Waals surface area contributed by atoms with Crippen molar-refractivity contribution in [1.82, 2.24) is 19.7 Å². The molecule has 1 N–H and O–H groups in total. The number of halogens is 3. The highest BCUT2D eigenvalue weighted by molar-refractivity contribution is 9.10. The number of rotatable bonds is 5. The van der Waals surface area contributed by atoms with E-state index in [0.29, 0.717) is 9.86 Å². The number of hydrogen-bond acceptors (Lipinski definition) is 5. The molecule has 3 aromatic rings. The van der Waals surface area contributed by atoms with E-state index in [4.69, 9.17) is 0 Å². The number of anilines is 1. The molecule has 0 aliphatic rings. The second-order valence-electron chi connectivity index (χ2n) is 5.32. The molecule has 10 heteroatoms. The topological polar surface area (TPSA) is 89.8 Å². The van der Waals surface area contributed by atoms with Gasteiger partial charge in [-0.1, -0.05) is 22.0 Å². The maximum Gasteiger partial charge on any atom is 0.275 e. The maximum absolute atomic E-state index is 12.9. The van der Waals surface area contributed by atoms with Gasteiger partial charge in [0.2, 0.25) is 18.3 Å². The van der Waals surface area contributed by atoms with Gasteiger partial charge < -0.3 is 0 Å². The van der Waals surface area contributed by atoms with Crippen LogP contribution in [0.15, 0.2) is 45.9 Å². The highest BCUT2D eigenvalue weighted by Gasteiger charge is 2.16. The van der Waals surface area contributed by atoms with Gasteiger partial charge in [-0.05, 0) is 18.2 Å². The first-order chi connectivity index (χ1) is 12.4. The van der Waals surface area contributed by atoms with Gasteiger partial charge >= 0.3 is 0 Å². The standard InChI is InChI=1S/C16H12BrF2N5O2/c17-9-2-3-10-11(6-9)15(26)24(23-12(10)7-13(18)19)8-14(25)22-16-20-4-1-5-21-16/h1-6,13H,7-8H2,(H,20,21,22,25). The first-order valence-electron chi connectivity index (χ1n) is 7.48. The molecule has 0 atom stereocenters. The summed E-state index contributed by atoms with van der Waals surface area (Å²) in [5.41, 5.74) is -0.505. The molecular formula is C16H12BrF2N5O2. The summed E-state index contributed by atoms with van der Waals surface area (Å²) in [5, 5.41) is 6.92. The zero-order valence-electron chi connectivity index (χ0n) is 13.2. The normalized spacial score (nSPS) is 11.1. The van der Waals surface area contributed by atoms with Crippen LogP contribution in [0.2, 0.25) is 0 Å². The minimum Gasteiger partial charge on any atom is -0.293 e. The average Bonchev–Trinajstić information content (AvgIpc) is 2.59. The highest BCUT2D eigenvalue weighted by Crippen LogP contribution is 2.20. The summed E-state index contributed by atoms with van der Waals surface area (Å²) in [4.78, 5) is 32.4. The molecule has 0 fully saturated rings. The zero-order valence-corrected chi connectivity index (χ0v) is 14.8. The van der Waals surface area contributed by atoms with Gasteiger partial charge in [-0.2, -0.15) is 5.10 Å². The summed E-state index contributed by atoms with van der Waals surface area (Å²) in [6.07, 6.45) is -0.364. The Morgan fingerprint density at radius 2 is 1.96 bits per heavy atom. The summed E-state index contributed by atoms with van der Waals surface area (Å²) >= 11 is 3.25. The third-order valence-corrected chi connectivity index (χ3v) is 3.95. The molecule has 0 aliphatic heterocycles. The number of carbonyl (C=O) groups is 1. The fourth-order valence-electron chi connectivity index (χ4n) is 2.40. The van der Waals surface area contributed by atoms with E-state index < -0.39 is 30.9 Å². The van der Waals surface area contributed by atoms with Crippen LogP contribution in [0.1, 0.15) is 5.69 Å². The molecule has 0 unspecified atom stereocenters. The van der Waals surface area contributed by atoms with Crippen molar-refractivity contribution in [2.75, 3.05) is 5.32 Å². The second kappa shape index (κ2) is 7.65. The lowest BCUT2D eigenvalue weighted by Crippen LogP contribution is -2.31. The SMILES string of the molecule is O=C(Cn1nc(CC(F)F)c2ccc(Br)cc2c1=O)Nc1ncccn1. The van der Waals surface area contributed by atoms with Crippen molar-refractivity contribution in [3.63, 3.8) is 0 Å². The maximum atomic E-state index is 12.9. The summed E-state index contributed by atoms with van der Waals surface area (Å²) in [6, 6.07) is 6.29. The number of amides is 1. The summed E-state index contributed by atoms with van der Waals surface area (Å²) in [5.74, 6) is -0.523. The molecule has 7 nitrogen and oxygen atoms in total. The predicted molar refractivity (Wildman–Crippen MR) is 94.1 cm³/mol. The molecule has 0 saturated heterocycles. The molecule has 134 valence electrons. The molecule has 1 amide bonds. The van der Waals surface area contributed by atoms with E-state index in [9.17, 15) is 18.4 Å². The predicted octanol–water partition coefficient (Wildman–Crippen LogP) is 2.40. The van der Waals surface area contributed by atoms with Gasteiger partial charge in [-0.15, -0.1) is 0 Å². The van der Waals surface area contributed by atoms with Gasteiger partial charge in [-0.25, -0.2) is 23.4 Å². The minimum absolute atomic E-state index is 0.0471. The number of benzene rings is 1. The Morgan fingerprint density at radius 1 is 1.23 bits per heavy atom. The van der Waals surface area contributed by atoms with E-state index in [1.165, 1.54) is 18.5 Å². The summed E-state index contributed by atoms with van der Waals surface area (Å²) in [6.45, 7) is -0.449. The van der Waals surface area contributed by atoms with Gasteiger partial charge in [0.1, 0.15) is 6.54 Å². The van der Waals surface area contributed by atoms with Crippen LogP contribution in [0.5, 0.6) is 0 Å². The molecule has 0 aliphatic carbocycles. The van der Waals surface area contributed by atoms with Crippen molar-refractivity contribution in [3.05, 3.63) is 57.2 Å². The summed E-state index contributed by atoms with van der Waals surface area (Å²) in [7, 11) is 0. The minimum atomic E-state index is -2.63. The Balaban J connectivity index is 1.98. The van der Waals surface area contributed by atoms with Crippen LogP contribution in [0.3, 0.4) is 0 Å². The van der Waals surface area contributed by atoms with E-state index in [1.54, 1.807) is 18.2 Å². The Bertz CT molecular complexity index is 1010. The number of aromatic nitrogens is 4. The number of hydrogen-bond donors (Lipinski definition) is 1. The molecule has 2 heterocycles. The van der Waals surface area contributed by atoms with E-state index in [2.05, 4.69) is 36.3 Å². The summed E-state index contributed by atoms with van der Waals surface area (Å²) < 4.78 is 27.2. The van der Waals surface area contributed by atoms with E-state index in [1.807, 2.05) is 0 Å². The number of fused-ring (bicyclic) bond motifs is 1. The quantitative estimate of drug-likeness (QED) is 0.680. The number of nitrogens with one attached hydrogen (secondary N) is 1. The Labute approximate surface area is 154 Å². The van der Waals surface area contributed by atoms with Crippen molar-refractivity contribution in [3.8, 4) is 0 Å². The van der Waals surface area contributed by atoms with Gasteiger partial charge in [-0.3, -0.25) is 14.9 Å². The lowest BCUT2D eigenvalue weighted by molar-refractivity contribution is -0.117. The fourth-order valence-corrected chi connectivity index (χ4v) is 2.76. The third-order valence-electron chi connectivity index (χ3n) is 3.46. The lowest BCUT2D eigenvalue weighted by atomic mass is 10.1. The fraction of sp³-hybridized carbons (Fsp3) is 0.188. The molecule has 1 aromatic carbocycles. The second-order valence-corrected chi connectivity index (χ2v) is 6.23. The number of nitrogens with zero attached hydrogens (tertiary/aromatic N) is 4. The monoisotopic (exact) mass is 423 g/mol. The number of carbonyl (C=O) groups excluding carboxylic acids is 1. The first kappa shape index (κ1) is 18.1. The van der Waals surface area contributed by atoms with Crippen LogP contribution in [-0.2, 0) is 17.8 Å². The van der Waals surface area contributed by atoms with Gasteiger partial charge in [0.25, 0.3) is 5.56 Å². The molecule has 0 spiro atoms. The van der Waals surface area contributed by atoms with E-state index in [0.717, 1.165) is 4.68 Å².